The van der Waals surface area contributed by atoms with Gasteiger partial charge in [0.1, 0.15) is 6.54 Å². The summed E-state index contributed by atoms with van der Waals surface area (Å²) in [6, 6.07) is 16.8. The first kappa shape index (κ1) is 20.2. The highest BCUT2D eigenvalue weighted by molar-refractivity contribution is 7.89. The van der Waals surface area contributed by atoms with Gasteiger partial charge in [0.15, 0.2) is 0 Å². The Morgan fingerprint density at radius 1 is 1.20 bits per heavy atom. The van der Waals surface area contributed by atoms with Gasteiger partial charge in [0.2, 0.25) is 10.0 Å². The first-order valence-corrected chi connectivity index (χ1v) is 11.1. The van der Waals surface area contributed by atoms with Gasteiger partial charge in [-0.1, -0.05) is 24.3 Å². The van der Waals surface area contributed by atoms with Crippen LogP contribution in [0.5, 0.6) is 0 Å². The second kappa shape index (κ2) is 7.95. The highest BCUT2D eigenvalue weighted by atomic mass is 32.2. The molecular weight excluding hydrogens is 398 g/mol. The summed E-state index contributed by atoms with van der Waals surface area (Å²) in [7, 11) is 0.155. The Kier molecular flexibility index (Phi) is 5.35. The number of likely N-dealkylation sites (N-methyl/N-ethyl adjacent to an activating group) is 1. The molecule has 0 fully saturated rings. The van der Waals surface area contributed by atoms with E-state index in [1.165, 1.54) is 0 Å². The minimum absolute atomic E-state index is 0.196. The molecule has 7 nitrogen and oxygen atoms in total. The summed E-state index contributed by atoms with van der Waals surface area (Å²) in [6.07, 6.45) is 3.73. The molecule has 0 spiro atoms. The van der Waals surface area contributed by atoms with Gasteiger partial charge < -0.3 is 14.5 Å². The number of aromatic nitrogens is 2. The van der Waals surface area contributed by atoms with Gasteiger partial charge in [0.25, 0.3) is 0 Å². The molecule has 0 bridgehead atoms. The van der Waals surface area contributed by atoms with Crippen LogP contribution in [-0.4, -0.2) is 43.5 Å². The largest absolute Gasteiger partial charge is 0.361 e. The summed E-state index contributed by atoms with van der Waals surface area (Å²) in [5, 5.41) is 11.1. The highest BCUT2D eigenvalue weighted by Gasteiger charge is 2.23. The number of nitrogens with zero attached hydrogens (tertiary/aromatic N) is 3. The maximum Gasteiger partial charge on any atom is 0.240 e. The predicted molar refractivity (Wildman–Crippen MR) is 117 cm³/mol. The van der Waals surface area contributed by atoms with Crippen molar-refractivity contribution in [3.8, 4) is 6.07 Å². The Labute approximate surface area is 175 Å². The SMILES string of the molecule is CN(C)C(CNS(=O)(=O)c1ccc2cc[nH]c2c1)c1cn(CC#N)c2ccccc12. The summed E-state index contributed by atoms with van der Waals surface area (Å²) < 4.78 is 30.5. The lowest BCUT2D eigenvalue weighted by molar-refractivity contribution is 0.301. The van der Waals surface area contributed by atoms with E-state index in [-0.39, 0.29) is 24.0 Å². The van der Waals surface area contributed by atoms with E-state index in [2.05, 4.69) is 15.8 Å². The zero-order valence-corrected chi connectivity index (χ0v) is 17.6. The molecule has 1 unspecified atom stereocenters. The third kappa shape index (κ3) is 3.71. The Hall–Kier alpha value is -3.12. The van der Waals surface area contributed by atoms with Gasteiger partial charge in [-0.15, -0.1) is 0 Å². The van der Waals surface area contributed by atoms with Gasteiger partial charge >= 0.3 is 0 Å². The molecule has 0 aliphatic rings. The lowest BCUT2D eigenvalue weighted by atomic mass is 10.1. The Balaban J connectivity index is 1.65. The first-order valence-electron chi connectivity index (χ1n) is 9.58. The van der Waals surface area contributed by atoms with Crippen molar-refractivity contribution in [3.05, 3.63) is 66.5 Å². The molecule has 0 saturated carbocycles. The number of sulfonamides is 1. The van der Waals surface area contributed by atoms with Crippen molar-refractivity contribution in [1.82, 2.24) is 19.2 Å². The first-order chi connectivity index (χ1) is 14.4. The molecule has 2 aromatic heterocycles. The molecule has 0 saturated heterocycles. The van der Waals surface area contributed by atoms with Gasteiger partial charge in [0.05, 0.1) is 11.0 Å². The molecule has 30 heavy (non-hydrogen) atoms. The molecule has 4 aromatic rings. The van der Waals surface area contributed by atoms with E-state index >= 15 is 0 Å². The molecule has 8 heteroatoms. The van der Waals surface area contributed by atoms with E-state index in [0.717, 1.165) is 27.4 Å². The zero-order valence-electron chi connectivity index (χ0n) is 16.8. The fourth-order valence-corrected chi connectivity index (χ4v) is 4.85. The number of fused-ring (bicyclic) bond motifs is 2. The maximum atomic E-state index is 12.9. The summed E-state index contributed by atoms with van der Waals surface area (Å²) in [5.41, 5.74) is 2.72. The summed E-state index contributed by atoms with van der Waals surface area (Å²) >= 11 is 0. The quantitative estimate of drug-likeness (QED) is 0.479. The van der Waals surface area contributed by atoms with Crippen LogP contribution < -0.4 is 4.72 Å². The molecule has 1 atom stereocenters. The molecular formula is C22H23N5O2S. The second-order valence-electron chi connectivity index (χ2n) is 7.45. The van der Waals surface area contributed by atoms with E-state index in [1.54, 1.807) is 24.4 Å². The van der Waals surface area contributed by atoms with E-state index in [1.807, 2.05) is 60.1 Å². The number of aromatic amines is 1. The molecule has 2 heterocycles. The molecule has 0 aliphatic heterocycles. The minimum Gasteiger partial charge on any atom is -0.361 e. The molecule has 0 radical (unpaired) electrons. The number of nitriles is 1. The Bertz CT molecular complexity index is 1340. The third-order valence-corrected chi connectivity index (χ3v) is 6.77. The number of rotatable bonds is 7. The van der Waals surface area contributed by atoms with Crippen LogP contribution in [0, 0.1) is 11.3 Å². The second-order valence-corrected chi connectivity index (χ2v) is 9.21. The third-order valence-electron chi connectivity index (χ3n) is 5.35. The number of hydrogen-bond donors (Lipinski definition) is 2. The molecule has 2 aromatic carbocycles. The smallest absolute Gasteiger partial charge is 0.240 e. The van der Waals surface area contributed by atoms with Gasteiger partial charge in [-0.05, 0) is 49.3 Å². The molecule has 0 aliphatic carbocycles. The van der Waals surface area contributed by atoms with Crippen LogP contribution in [0.3, 0.4) is 0 Å². The lowest BCUT2D eigenvalue weighted by Gasteiger charge is -2.24. The number of H-pyrrole nitrogens is 1. The van der Waals surface area contributed by atoms with Crippen molar-refractivity contribution in [2.45, 2.75) is 17.5 Å². The van der Waals surface area contributed by atoms with Crippen LogP contribution in [0.15, 0.2) is 65.8 Å². The minimum atomic E-state index is -3.68. The Morgan fingerprint density at radius 3 is 2.77 bits per heavy atom. The van der Waals surface area contributed by atoms with Crippen LogP contribution >= 0.6 is 0 Å². The summed E-state index contributed by atoms with van der Waals surface area (Å²) in [5.74, 6) is 0. The van der Waals surface area contributed by atoms with E-state index in [9.17, 15) is 8.42 Å². The number of nitrogens with one attached hydrogen (secondary N) is 2. The summed E-state index contributed by atoms with van der Waals surface area (Å²) in [6.45, 7) is 0.446. The van der Waals surface area contributed by atoms with Crippen molar-refractivity contribution in [3.63, 3.8) is 0 Å². The average molecular weight is 422 g/mol. The van der Waals surface area contributed by atoms with Gasteiger partial charge in [-0.3, -0.25) is 0 Å². The normalized spacial score (nSPS) is 13.1. The van der Waals surface area contributed by atoms with Crippen LogP contribution in [0.4, 0.5) is 0 Å². The van der Waals surface area contributed by atoms with Crippen molar-refractivity contribution in [2.24, 2.45) is 0 Å². The van der Waals surface area contributed by atoms with Crippen LogP contribution in [0.2, 0.25) is 0 Å². The number of benzene rings is 2. The highest BCUT2D eigenvalue weighted by Crippen LogP contribution is 2.29. The standard InChI is InChI=1S/C22H23N5O2S/c1-26(2)22(19-15-27(12-10-23)21-6-4-3-5-18(19)21)14-25-30(28,29)17-8-7-16-9-11-24-20(16)13-17/h3-9,11,13,15,22,24-25H,12,14H2,1-2H3. The van der Waals surface area contributed by atoms with E-state index in [0.29, 0.717) is 0 Å². The van der Waals surface area contributed by atoms with Crippen LogP contribution in [-0.2, 0) is 16.6 Å². The van der Waals surface area contributed by atoms with Crippen molar-refractivity contribution in [2.75, 3.05) is 20.6 Å². The van der Waals surface area contributed by atoms with Crippen molar-refractivity contribution < 1.29 is 8.42 Å². The van der Waals surface area contributed by atoms with Gasteiger partial charge in [-0.25, -0.2) is 13.1 Å². The van der Waals surface area contributed by atoms with E-state index in [4.69, 9.17) is 5.26 Å². The van der Waals surface area contributed by atoms with Crippen molar-refractivity contribution in [1.29, 1.82) is 5.26 Å². The van der Waals surface area contributed by atoms with E-state index < -0.39 is 10.0 Å². The van der Waals surface area contributed by atoms with Gasteiger partial charge in [-0.2, -0.15) is 5.26 Å². The fourth-order valence-electron chi connectivity index (χ4n) is 3.78. The predicted octanol–water partition coefficient (Wildman–Crippen LogP) is 3.23. The number of hydrogen-bond acceptors (Lipinski definition) is 4. The number of para-hydroxylation sites is 1. The molecule has 154 valence electrons. The maximum absolute atomic E-state index is 12.9. The molecule has 0 amide bonds. The molecule has 4 rings (SSSR count). The van der Waals surface area contributed by atoms with Crippen molar-refractivity contribution >= 4 is 31.8 Å². The lowest BCUT2D eigenvalue weighted by Crippen LogP contribution is -2.34. The zero-order chi connectivity index (χ0) is 21.3. The van der Waals surface area contributed by atoms with Gasteiger partial charge in [0, 0.05) is 41.4 Å². The monoisotopic (exact) mass is 421 g/mol. The van der Waals surface area contributed by atoms with Crippen LogP contribution in [0.1, 0.15) is 11.6 Å². The van der Waals surface area contributed by atoms with Crippen LogP contribution in [0.25, 0.3) is 21.8 Å². The topological polar surface area (TPSA) is 93.9 Å². The summed E-state index contributed by atoms with van der Waals surface area (Å²) in [4.78, 5) is 5.25. The fraction of sp³-hybridized carbons (Fsp3) is 0.227. The average Bonchev–Trinajstić information content (AvgIpc) is 3.33. The molecule has 2 N–H and O–H groups in total. The Morgan fingerprint density at radius 2 is 2.00 bits per heavy atom.